The summed E-state index contributed by atoms with van der Waals surface area (Å²) >= 11 is 0. The maximum Gasteiger partial charge on any atom is 0.239 e. The van der Waals surface area contributed by atoms with Crippen molar-refractivity contribution in [2.24, 2.45) is 7.05 Å². The van der Waals surface area contributed by atoms with Gasteiger partial charge in [0.25, 0.3) is 0 Å². The van der Waals surface area contributed by atoms with E-state index in [0.717, 1.165) is 37.3 Å². The molecule has 1 fully saturated rings. The minimum atomic E-state index is -0.348. The smallest absolute Gasteiger partial charge is 0.239 e. The minimum Gasteiger partial charge on any atom is -0.310 e. The number of likely N-dealkylation sites (N-methyl/N-ethyl adjacent to an activating group) is 1. The Morgan fingerprint density at radius 1 is 1.11 bits per heavy atom. The van der Waals surface area contributed by atoms with Crippen LogP contribution in [0, 0.1) is 5.82 Å². The predicted octanol–water partition coefficient (Wildman–Crippen LogP) is 1.96. The van der Waals surface area contributed by atoms with Crippen molar-refractivity contribution >= 4 is 22.5 Å². The van der Waals surface area contributed by atoms with Crippen LogP contribution in [0.1, 0.15) is 0 Å². The third kappa shape index (κ3) is 4.02. The van der Waals surface area contributed by atoms with E-state index in [1.54, 1.807) is 16.9 Å². The lowest BCUT2D eigenvalue weighted by Crippen LogP contribution is -2.47. The summed E-state index contributed by atoms with van der Waals surface area (Å²) in [5, 5.41) is 8.07. The van der Waals surface area contributed by atoms with Crippen molar-refractivity contribution in [1.29, 1.82) is 0 Å². The van der Waals surface area contributed by atoms with Crippen LogP contribution in [0.4, 0.5) is 10.2 Å². The Bertz CT molecular complexity index is 1010. The maximum absolute atomic E-state index is 14.5. The van der Waals surface area contributed by atoms with Gasteiger partial charge in [-0.25, -0.2) is 9.37 Å². The first-order valence-electron chi connectivity index (χ1n) is 9.27. The molecule has 0 radical (unpaired) electrons. The highest BCUT2D eigenvalue weighted by Gasteiger charge is 2.17. The van der Waals surface area contributed by atoms with Crippen LogP contribution in [0.5, 0.6) is 0 Å². The van der Waals surface area contributed by atoms with Gasteiger partial charge in [0.15, 0.2) is 0 Å². The lowest BCUT2D eigenvalue weighted by atomic mass is 10.0. The molecule has 4 rings (SSSR count). The Morgan fingerprint density at radius 2 is 1.89 bits per heavy atom. The van der Waals surface area contributed by atoms with E-state index >= 15 is 0 Å². The summed E-state index contributed by atoms with van der Waals surface area (Å²) in [6.45, 7) is 3.98. The third-order valence-electron chi connectivity index (χ3n) is 5.06. The predicted molar refractivity (Wildman–Crippen MR) is 106 cm³/mol. The maximum atomic E-state index is 14.5. The largest absolute Gasteiger partial charge is 0.310 e. The van der Waals surface area contributed by atoms with Gasteiger partial charge in [-0.2, -0.15) is 5.10 Å². The van der Waals surface area contributed by atoms with Gasteiger partial charge in [0.05, 0.1) is 12.7 Å². The van der Waals surface area contributed by atoms with E-state index in [2.05, 4.69) is 32.2 Å². The number of fused-ring (bicyclic) bond motifs is 1. The summed E-state index contributed by atoms with van der Waals surface area (Å²) in [7, 11) is 3.90. The Balaban J connectivity index is 1.52. The number of anilines is 1. The molecule has 0 aliphatic carbocycles. The molecule has 3 heterocycles. The van der Waals surface area contributed by atoms with E-state index in [9.17, 15) is 9.18 Å². The second kappa shape index (κ2) is 7.65. The number of nitrogens with zero attached hydrogens (tertiary/aromatic N) is 5. The highest BCUT2D eigenvalue weighted by atomic mass is 19.1. The van der Waals surface area contributed by atoms with E-state index in [0.29, 0.717) is 23.1 Å². The second-order valence-corrected chi connectivity index (χ2v) is 7.28. The van der Waals surface area contributed by atoms with Crippen molar-refractivity contribution in [1.82, 2.24) is 24.6 Å². The summed E-state index contributed by atoms with van der Waals surface area (Å²) in [6, 6.07) is 5.07. The van der Waals surface area contributed by atoms with Crippen LogP contribution in [0.25, 0.3) is 21.9 Å². The number of carbonyl (C=O) groups is 1. The fourth-order valence-electron chi connectivity index (χ4n) is 3.41. The molecule has 146 valence electrons. The van der Waals surface area contributed by atoms with Gasteiger partial charge in [0.1, 0.15) is 11.6 Å². The molecule has 1 N–H and O–H groups in total. The van der Waals surface area contributed by atoms with Crippen LogP contribution in [-0.2, 0) is 11.8 Å². The highest BCUT2D eigenvalue weighted by molar-refractivity contribution is 5.95. The van der Waals surface area contributed by atoms with Crippen LogP contribution in [0.15, 0.2) is 36.8 Å². The quantitative estimate of drug-likeness (QED) is 0.747. The van der Waals surface area contributed by atoms with Gasteiger partial charge in [0.2, 0.25) is 5.91 Å². The summed E-state index contributed by atoms with van der Waals surface area (Å²) in [6.07, 6.45) is 4.99. The summed E-state index contributed by atoms with van der Waals surface area (Å²) < 4.78 is 16.2. The van der Waals surface area contributed by atoms with Gasteiger partial charge >= 0.3 is 0 Å². The normalized spacial score (nSPS) is 15.8. The molecule has 7 nitrogen and oxygen atoms in total. The number of nitrogens with one attached hydrogen (secondary N) is 1. The molecule has 1 saturated heterocycles. The molecule has 2 aromatic heterocycles. The fraction of sp³-hybridized carbons (Fsp3) is 0.350. The molecule has 1 aromatic carbocycles. The van der Waals surface area contributed by atoms with Gasteiger partial charge in [-0.15, -0.1) is 0 Å². The van der Waals surface area contributed by atoms with Crippen LogP contribution in [-0.4, -0.2) is 70.2 Å². The van der Waals surface area contributed by atoms with E-state index in [1.807, 2.05) is 19.3 Å². The molecular formula is C20H23FN6O. The van der Waals surface area contributed by atoms with Crippen LogP contribution in [0.2, 0.25) is 0 Å². The minimum absolute atomic E-state index is 0.111. The Hall–Kier alpha value is -2.84. The molecule has 28 heavy (non-hydrogen) atoms. The molecule has 1 aliphatic heterocycles. The SMILES string of the molecule is CN1CCN(CC(=O)Nc2cc3cc(-c4cnn(C)c4)cc(F)c3cn2)CC1. The molecule has 0 atom stereocenters. The Labute approximate surface area is 162 Å². The molecule has 0 unspecified atom stereocenters. The van der Waals surface area contributed by atoms with Crippen molar-refractivity contribution in [2.75, 3.05) is 45.1 Å². The lowest BCUT2D eigenvalue weighted by Gasteiger charge is -2.31. The molecule has 1 aliphatic rings. The molecule has 8 heteroatoms. The average Bonchev–Trinajstić information content (AvgIpc) is 3.10. The molecule has 0 saturated carbocycles. The van der Waals surface area contributed by atoms with Crippen LogP contribution < -0.4 is 5.32 Å². The van der Waals surface area contributed by atoms with Crippen molar-refractivity contribution in [3.8, 4) is 11.1 Å². The summed E-state index contributed by atoms with van der Waals surface area (Å²) in [5.74, 6) is -0.0335. The Kier molecular flexibility index (Phi) is 5.06. The van der Waals surface area contributed by atoms with Gasteiger partial charge in [-0.1, -0.05) is 0 Å². The molecular weight excluding hydrogens is 359 g/mol. The third-order valence-corrected chi connectivity index (χ3v) is 5.06. The van der Waals surface area contributed by atoms with E-state index in [1.165, 1.54) is 12.3 Å². The van der Waals surface area contributed by atoms with E-state index in [4.69, 9.17) is 0 Å². The highest BCUT2D eigenvalue weighted by Crippen LogP contribution is 2.27. The number of aryl methyl sites for hydroxylation is 1. The fourth-order valence-corrected chi connectivity index (χ4v) is 3.41. The number of piperazine rings is 1. The zero-order valence-electron chi connectivity index (χ0n) is 16.0. The number of carbonyl (C=O) groups excluding carboxylic acids is 1. The van der Waals surface area contributed by atoms with Crippen molar-refractivity contribution in [3.63, 3.8) is 0 Å². The molecule has 3 aromatic rings. The average molecular weight is 382 g/mol. The zero-order valence-corrected chi connectivity index (χ0v) is 16.0. The number of amides is 1. The number of hydrogen-bond donors (Lipinski definition) is 1. The Morgan fingerprint density at radius 3 is 2.61 bits per heavy atom. The van der Waals surface area contributed by atoms with Gasteiger partial charge in [-0.05, 0) is 36.2 Å². The molecule has 0 bridgehead atoms. The standard InChI is InChI=1S/C20H23FN6O/c1-25-3-5-27(6-4-25)13-20(28)24-19-9-15-7-14(16-10-23-26(2)12-16)8-18(21)17(15)11-22-19/h7-12H,3-6,13H2,1-2H3,(H,22,24,28). The molecule has 0 spiro atoms. The molecule has 1 amide bonds. The van der Waals surface area contributed by atoms with Gasteiger partial charge < -0.3 is 10.2 Å². The first-order valence-corrected chi connectivity index (χ1v) is 9.27. The summed E-state index contributed by atoms with van der Waals surface area (Å²) in [5.41, 5.74) is 1.57. The number of halogens is 1. The van der Waals surface area contributed by atoms with Crippen LogP contribution >= 0.6 is 0 Å². The van der Waals surface area contributed by atoms with E-state index in [-0.39, 0.29) is 11.7 Å². The number of rotatable bonds is 4. The van der Waals surface area contributed by atoms with Crippen LogP contribution in [0.3, 0.4) is 0 Å². The number of hydrogen-bond acceptors (Lipinski definition) is 5. The second-order valence-electron chi connectivity index (χ2n) is 7.28. The van der Waals surface area contributed by atoms with Crippen molar-refractivity contribution < 1.29 is 9.18 Å². The first kappa shape index (κ1) is 18.5. The summed E-state index contributed by atoms with van der Waals surface area (Å²) in [4.78, 5) is 20.9. The lowest BCUT2D eigenvalue weighted by molar-refractivity contribution is -0.117. The van der Waals surface area contributed by atoms with Crippen molar-refractivity contribution in [3.05, 3.63) is 42.6 Å². The first-order chi connectivity index (χ1) is 13.5. The number of aromatic nitrogens is 3. The van der Waals surface area contributed by atoms with E-state index < -0.39 is 0 Å². The van der Waals surface area contributed by atoms with Gasteiger partial charge in [-0.3, -0.25) is 14.4 Å². The van der Waals surface area contributed by atoms with Crippen molar-refractivity contribution in [2.45, 2.75) is 0 Å². The number of pyridine rings is 1. The zero-order chi connectivity index (χ0) is 19.7. The monoisotopic (exact) mass is 382 g/mol. The topological polar surface area (TPSA) is 66.3 Å². The number of benzene rings is 1. The van der Waals surface area contributed by atoms with Gasteiger partial charge in [0, 0.05) is 56.6 Å².